The molecule has 2 fully saturated rings. The maximum Gasteiger partial charge on any atom is 0.415 e. The van der Waals surface area contributed by atoms with Crippen molar-refractivity contribution in [3.63, 3.8) is 0 Å². The van der Waals surface area contributed by atoms with E-state index in [-0.39, 0.29) is 25.5 Å². The van der Waals surface area contributed by atoms with E-state index in [4.69, 9.17) is 37.4 Å². The monoisotopic (exact) mass is 664 g/mol. The first-order valence-corrected chi connectivity index (χ1v) is 14.2. The summed E-state index contributed by atoms with van der Waals surface area (Å²) < 4.78 is 101. The summed E-state index contributed by atoms with van der Waals surface area (Å²) in [7, 11) is 0. The fourth-order valence-corrected chi connectivity index (χ4v) is 5.33. The van der Waals surface area contributed by atoms with Crippen molar-refractivity contribution in [3.8, 4) is 11.5 Å². The molecule has 4 rings (SSSR count). The van der Waals surface area contributed by atoms with Gasteiger partial charge in [-0.05, 0) is 87.3 Å². The highest BCUT2D eigenvalue weighted by atomic mass is 35.5. The molecule has 0 N–H and O–H groups in total. The zero-order valence-electron chi connectivity index (χ0n) is 22.6. The van der Waals surface area contributed by atoms with Gasteiger partial charge in [-0.25, -0.2) is 0 Å². The van der Waals surface area contributed by atoms with E-state index in [2.05, 4.69) is 0 Å². The molecule has 2 unspecified atom stereocenters. The molecule has 0 bridgehead atoms. The van der Waals surface area contributed by atoms with Crippen LogP contribution in [0, 0.1) is 0 Å². The van der Waals surface area contributed by atoms with Gasteiger partial charge >= 0.3 is 12.4 Å². The van der Waals surface area contributed by atoms with Crippen molar-refractivity contribution < 1.29 is 40.6 Å². The maximum absolute atomic E-state index is 14.0. The lowest BCUT2D eigenvalue weighted by atomic mass is 10.1. The van der Waals surface area contributed by atoms with Gasteiger partial charge in [0.25, 0.3) is 0 Å². The molecule has 4 atom stereocenters. The number of likely N-dealkylation sites (tertiary alicyclic amines) is 2. The SMILES string of the molecule is Cl.FC(F)(F)[C@H](CN1CCCC(Oc2ccc(Cl)cc2)C1)O[C@@H](CN1CCCC(Oc2ccc(Cl)cc2)C1)C(F)(F)F. The summed E-state index contributed by atoms with van der Waals surface area (Å²) in [6.07, 6.45) is -13.8. The average Bonchev–Trinajstić information content (AvgIpc) is 2.90. The van der Waals surface area contributed by atoms with Crippen molar-refractivity contribution in [1.82, 2.24) is 9.80 Å². The van der Waals surface area contributed by atoms with Gasteiger partial charge < -0.3 is 14.2 Å². The van der Waals surface area contributed by atoms with Crippen LogP contribution in [0.25, 0.3) is 0 Å². The molecule has 2 aliphatic rings. The van der Waals surface area contributed by atoms with Gasteiger partial charge in [0.1, 0.15) is 23.7 Å². The Kier molecular flexibility index (Phi) is 12.8. The van der Waals surface area contributed by atoms with Crippen molar-refractivity contribution in [2.24, 2.45) is 0 Å². The quantitative estimate of drug-likeness (QED) is 0.243. The zero-order chi connectivity index (χ0) is 29.6. The molecular formula is C28H33Cl3F6N2O3. The fraction of sp³-hybridized carbons (Fsp3) is 0.571. The highest BCUT2D eigenvalue weighted by Gasteiger charge is 2.50. The van der Waals surface area contributed by atoms with E-state index in [1.165, 1.54) is 9.80 Å². The van der Waals surface area contributed by atoms with Crippen LogP contribution in [0.1, 0.15) is 25.7 Å². The smallest absolute Gasteiger partial charge is 0.415 e. The minimum absolute atomic E-state index is 0. The Morgan fingerprint density at radius 1 is 0.667 bits per heavy atom. The normalized spacial score (nSPS) is 22.2. The van der Waals surface area contributed by atoms with E-state index in [9.17, 15) is 26.3 Å². The summed E-state index contributed by atoms with van der Waals surface area (Å²) in [5, 5.41) is 1.03. The molecule has 0 spiro atoms. The zero-order valence-corrected chi connectivity index (χ0v) is 24.9. The number of piperidine rings is 2. The second-order valence-electron chi connectivity index (χ2n) is 10.4. The summed E-state index contributed by atoms with van der Waals surface area (Å²) in [6, 6.07) is 13.2. The second kappa shape index (κ2) is 15.4. The van der Waals surface area contributed by atoms with Crippen LogP contribution >= 0.6 is 35.6 Å². The summed E-state index contributed by atoms with van der Waals surface area (Å²) in [5.41, 5.74) is 0. The lowest BCUT2D eigenvalue weighted by Crippen LogP contribution is -2.54. The first-order valence-electron chi connectivity index (χ1n) is 13.4. The number of halogens is 9. The predicted octanol–water partition coefficient (Wildman–Crippen LogP) is 7.68. The van der Waals surface area contributed by atoms with Crippen molar-refractivity contribution in [2.45, 2.75) is 62.5 Å². The minimum atomic E-state index is -4.99. The van der Waals surface area contributed by atoms with E-state index >= 15 is 0 Å². The standard InChI is InChI=1S/C28H32Cl2F6N2O3.ClH/c29-19-5-9-21(10-6-19)39-23-3-1-13-37(15-23)17-25(27(31,32)33)41-26(28(34,35)36)18-38-14-2-4-24(16-38)40-22-11-7-20(30)8-12-22;/h5-12,23-26H,1-4,13-18H2;1H/t23?,24?,25-,26-;/m0./s1. The molecule has 2 aliphatic heterocycles. The number of nitrogens with zero attached hydrogens (tertiary/aromatic N) is 2. The Hall–Kier alpha value is -1.63. The van der Waals surface area contributed by atoms with Gasteiger partial charge in [0.2, 0.25) is 0 Å². The number of rotatable bonds is 10. The third-order valence-corrected chi connectivity index (χ3v) is 7.57. The van der Waals surface area contributed by atoms with Crippen LogP contribution in [0.2, 0.25) is 10.0 Å². The van der Waals surface area contributed by atoms with E-state index in [0.29, 0.717) is 60.3 Å². The molecule has 2 heterocycles. The number of alkyl halides is 6. The van der Waals surface area contributed by atoms with Gasteiger partial charge in [-0.15, -0.1) is 12.4 Å². The Bertz CT molecular complexity index is 1010. The van der Waals surface area contributed by atoms with Crippen molar-refractivity contribution in [3.05, 3.63) is 58.6 Å². The van der Waals surface area contributed by atoms with E-state index in [1.807, 2.05) is 0 Å². The van der Waals surface area contributed by atoms with Gasteiger partial charge in [0.15, 0.2) is 12.2 Å². The van der Waals surface area contributed by atoms with Crippen LogP contribution in [0.3, 0.4) is 0 Å². The molecule has 5 nitrogen and oxygen atoms in total. The lowest BCUT2D eigenvalue weighted by molar-refractivity contribution is -0.291. The van der Waals surface area contributed by atoms with E-state index < -0.39 is 49.9 Å². The highest BCUT2D eigenvalue weighted by molar-refractivity contribution is 6.30. The largest absolute Gasteiger partial charge is 0.489 e. The number of hydrogen-bond donors (Lipinski definition) is 0. The Balaban J connectivity index is 0.00000484. The first-order chi connectivity index (χ1) is 19.3. The number of hydrogen-bond acceptors (Lipinski definition) is 5. The van der Waals surface area contributed by atoms with Crippen LogP contribution in [-0.2, 0) is 4.74 Å². The second-order valence-corrected chi connectivity index (χ2v) is 11.3. The van der Waals surface area contributed by atoms with Gasteiger partial charge in [-0.2, -0.15) is 26.3 Å². The van der Waals surface area contributed by atoms with Crippen LogP contribution in [-0.4, -0.2) is 85.8 Å². The van der Waals surface area contributed by atoms with Crippen LogP contribution in [0.5, 0.6) is 11.5 Å². The Morgan fingerprint density at radius 2 is 1.02 bits per heavy atom. The topological polar surface area (TPSA) is 34.2 Å². The van der Waals surface area contributed by atoms with Gasteiger partial charge in [-0.3, -0.25) is 9.80 Å². The predicted molar refractivity (Wildman–Crippen MR) is 151 cm³/mol. The Labute approximate surface area is 257 Å². The van der Waals surface area contributed by atoms with Crippen molar-refractivity contribution >= 4 is 35.6 Å². The molecule has 0 saturated carbocycles. The third-order valence-electron chi connectivity index (χ3n) is 7.06. The number of ether oxygens (including phenoxy) is 3. The first kappa shape index (κ1) is 34.9. The van der Waals surface area contributed by atoms with Crippen LogP contribution < -0.4 is 9.47 Å². The summed E-state index contributed by atoms with van der Waals surface area (Å²) in [6.45, 7) is -0.597. The van der Waals surface area contributed by atoms with Crippen molar-refractivity contribution in [2.75, 3.05) is 39.3 Å². The molecule has 14 heteroatoms. The molecule has 2 saturated heterocycles. The number of benzene rings is 2. The summed E-state index contributed by atoms with van der Waals surface area (Å²) in [5.74, 6) is 1.03. The maximum atomic E-state index is 14.0. The third kappa shape index (κ3) is 10.8. The fourth-order valence-electron chi connectivity index (χ4n) is 5.08. The molecule has 0 aliphatic carbocycles. The van der Waals surface area contributed by atoms with Gasteiger partial charge in [-0.1, -0.05) is 23.2 Å². The molecule has 42 heavy (non-hydrogen) atoms. The van der Waals surface area contributed by atoms with E-state index in [0.717, 1.165) is 0 Å². The molecule has 0 radical (unpaired) electrons. The molecule has 2 aromatic rings. The average molecular weight is 666 g/mol. The summed E-state index contributed by atoms with van der Waals surface area (Å²) >= 11 is 11.8. The van der Waals surface area contributed by atoms with Gasteiger partial charge in [0.05, 0.1) is 0 Å². The van der Waals surface area contributed by atoms with E-state index in [1.54, 1.807) is 48.5 Å². The Morgan fingerprint density at radius 3 is 1.36 bits per heavy atom. The minimum Gasteiger partial charge on any atom is -0.489 e. The van der Waals surface area contributed by atoms with Crippen LogP contribution in [0.4, 0.5) is 26.3 Å². The summed E-state index contributed by atoms with van der Waals surface area (Å²) in [4.78, 5) is 2.90. The van der Waals surface area contributed by atoms with Gasteiger partial charge in [0, 0.05) is 36.2 Å². The molecule has 236 valence electrons. The van der Waals surface area contributed by atoms with Crippen molar-refractivity contribution in [1.29, 1.82) is 0 Å². The molecule has 0 aromatic heterocycles. The highest BCUT2D eigenvalue weighted by Crippen LogP contribution is 2.32. The van der Waals surface area contributed by atoms with Crippen LogP contribution in [0.15, 0.2) is 48.5 Å². The molecule has 0 amide bonds. The lowest BCUT2D eigenvalue weighted by Gasteiger charge is -2.38. The molecule has 2 aromatic carbocycles. The molecular weight excluding hydrogens is 633 g/mol.